The minimum atomic E-state index is 0.708. The second kappa shape index (κ2) is 4.92. The van der Waals surface area contributed by atoms with E-state index in [2.05, 4.69) is 54.6 Å². The van der Waals surface area contributed by atoms with E-state index in [1.807, 2.05) is 11.3 Å². The molecule has 2 heteroatoms. The Morgan fingerprint density at radius 2 is 1.83 bits per heavy atom. The Bertz CT molecular complexity index is 709. The number of rotatable bonds is 3. The van der Waals surface area contributed by atoms with Gasteiger partial charge in [0.2, 0.25) is 0 Å². The second-order valence-electron chi connectivity index (χ2n) is 4.33. The first-order valence-corrected chi connectivity index (χ1v) is 6.98. The van der Waals surface area contributed by atoms with E-state index in [1.165, 1.54) is 25.7 Å². The van der Waals surface area contributed by atoms with Gasteiger partial charge in [-0.05, 0) is 36.7 Å². The molecule has 1 nitrogen and oxygen atoms in total. The largest absolute Gasteiger partial charge is 0.330 e. The zero-order chi connectivity index (χ0) is 12.4. The summed E-state index contributed by atoms with van der Waals surface area (Å²) in [6.45, 7) is 0.708. The van der Waals surface area contributed by atoms with Gasteiger partial charge in [0.25, 0.3) is 0 Å². The van der Waals surface area contributed by atoms with Crippen molar-refractivity contribution in [2.24, 2.45) is 5.73 Å². The van der Waals surface area contributed by atoms with Crippen molar-refractivity contribution in [2.45, 2.75) is 6.42 Å². The summed E-state index contributed by atoms with van der Waals surface area (Å²) < 4.78 is 2.71. The van der Waals surface area contributed by atoms with Gasteiger partial charge in [0.05, 0.1) is 0 Å². The fourth-order valence-corrected chi connectivity index (χ4v) is 3.25. The Labute approximate surface area is 111 Å². The van der Waals surface area contributed by atoms with Crippen LogP contribution in [0, 0.1) is 0 Å². The van der Waals surface area contributed by atoms with Crippen molar-refractivity contribution in [2.75, 3.05) is 6.54 Å². The molecular formula is C16H15NS. The summed E-state index contributed by atoms with van der Waals surface area (Å²) in [7, 11) is 0. The van der Waals surface area contributed by atoms with E-state index in [0.29, 0.717) is 6.54 Å². The quantitative estimate of drug-likeness (QED) is 0.735. The number of fused-ring (bicyclic) bond motifs is 3. The Balaban J connectivity index is 2.12. The molecule has 90 valence electrons. The molecule has 0 unspecified atom stereocenters. The second-order valence-corrected chi connectivity index (χ2v) is 5.42. The third-order valence-electron chi connectivity index (χ3n) is 3.04. The molecule has 3 rings (SSSR count). The zero-order valence-electron chi connectivity index (χ0n) is 10.1. The molecule has 2 aromatic carbocycles. The molecule has 0 amide bonds. The molecule has 0 aliphatic heterocycles. The number of hydrogen-bond acceptors (Lipinski definition) is 2. The van der Waals surface area contributed by atoms with Crippen LogP contribution in [0.5, 0.6) is 0 Å². The normalized spacial score (nSPS) is 11.8. The Hall–Kier alpha value is -1.64. The number of thiophene rings is 1. The highest BCUT2D eigenvalue weighted by Crippen LogP contribution is 2.34. The van der Waals surface area contributed by atoms with Gasteiger partial charge < -0.3 is 5.73 Å². The molecule has 0 saturated carbocycles. The van der Waals surface area contributed by atoms with Gasteiger partial charge in [-0.15, -0.1) is 11.3 Å². The molecule has 2 N–H and O–H groups in total. The lowest BCUT2D eigenvalue weighted by Crippen LogP contribution is -1.94. The maximum atomic E-state index is 5.49. The maximum absolute atomic E-state index is 5.49. The van der Waals surface area contributed by atoms with Gasteiger partial charge in [0.1, 0.15) is 0 Å². The van der Waals surface area contributed by atoms with Crippen molar-refractivity contribution >= 4 is 37.6 Å². The number of hydrogen-bond donors (Lipinski definition) is 1. The van der Waals surface area contributed by atoms with Crippen LogP contribution in [-0.2, 0) is 0 Å². The summed E-state index contributed by atoms with van der Waals surface area (Å²) in [5, 5.41) is 2.71. The lowest BCUT2D eigenvalue weighted by atomic mass is 10.1. The van der Waals surface area contributed by atoms with Crippen molar-refractivity contribution in [3.05, 3.63) is 54.1 Å². The SMILES string of the molecule is NCCC=Cc1ccc2sc3ccccc3c2c1. The van der Waals surface area contributed by atoms with Crippen LogP contribution in [0.1, 0.15) is 12.0 Å². The van der Waals surface area contributed by atoms with Crippen molar-refractivity contribution in [1.29, 1.82) is 0 Å². The van der Waals surface area contributed by atoms with Gasteiger partial charge in [-0.2, -0.15) is 0 Å². The Morgan fingerprint density at radius 1 is 1.00 bits per heavy atom. The van der Waals surface area contributed by atoms with E-state index in [1.54, 1.807) is 0 Å². The topological polar surface area (TPSA) is 26.0 Å². The molecule has 0 saturated heterocycles. The van der Waals surface area contributed by atoms with Crippen LogP contribution in [0.2, 0.25) is 0 Å². The molecule has 0 atom stereocenters. The van der Waals surface area contributed by atoms with Crippen LogP contribution in [0.4, 0.5) is 0 Å². The van der Waals surface area contributed by atoms with E-state index in [9.17, 15) is 0 Å². The Kier molecular flexibility index (Phi) is 3.13. The fraction of sp³-hybridized carbons (Fsp3) is 0.125. The molecule has 18 heavy (non-hydrogen) atoms. The van der Waals surface area contributed by atoms with Crippen LogP contribution in [0.25, 0.3) is 26.2 Å². The van der Waals surface area contributed by atoms with Crippen LogP contribution in [-0.4, -0.2) is 6.54 Å². The average molecular weight is 253 g/mol. The van der Waals surface area contributed by atoms with Crippen LogP contribution < -0.4 is 5.73 Å². The molecule has 1 heterocycles. The van der Waals surface area contributed by atoms with Gasteiger partial charge in [-0.1, -0.05) is 36.4 Å². The van der Waals surface area contributed by atoms with E-state index in [-0.39, 0.29) is 0 Å². The molecule has 0 aliphatic rings. The van der Waals surface area contributed by atoms with Gasteiger partial charge in [0, 0.05) is 20.2 Å². The predicted molar refractivity (Wildman–Crippen MR) is 82.0 cm³/mol. The van der Waals surface area contributed by atoms with Crippen molar-refractivity contribution in [1.82, 2.24) is 0 Å². The molecule has 0 bridgehead atoms. The van der Waals surface area contributed by atoms with E-state index >= 15 is 0 Å². The average Bonchev–Trinajstić information content (AvgIpc) is 2.77. The van der Waals surface area contributed by atoms with Crippen LogP contribution in [0.3, 0.4) is 0 Å². The molecule has 3 aromatic rings. The first-order chi connectivity index (χ1) is 8.88. The lowest BCUT2D eigenvalue weighted by Gasteiger charge is -1.95. The van der Waals surface area contributed by atoms with Crippen LogP contribution >= 0.6 is 11.3 Å². The van der Waals surface area contributed by atoms with Gasteiger partial charge in [0.15, 0.2) is 0 Å². The monoisotopic (exact) mass is 253 g/mol. The predicted octanol–water partition coefficient (Wildman–Crippen LogP) is 4.42. The van der Waals surface area contributed by atoms with Gasteiger partial charge in [-0.3, -0.25) is 0 Å². The molecule has 0 fully saturated rings. The van der Waals surface area contributed by atoms with E-state index < -0.39 is 0 Å². The summed E-state index contributed by atoms with van der Waals surface area (Å²) in [5.74, 6) is 0. The summed E-state index contributed by atoms with van der Waals surface area (Å²) in [4.78, 5) is 0. The number of benzene rings is 2. The van der Waals surface area contributed by atoms with Gasteiger partial charge >= 0.3 is 0 Å². The third kappa shape index (κ3) is 2.05. The zero-order valence-corrected chi connectivity index (χ0v) is 10.9. The van der Waals surface area contributed by atoms with Crippen LogP contribution in [0.15, 0.2) is 48.5 Å². The summed E-state index contributed by atoms with van der Waals surface area (Å²) in [6, 6.07) is 15.2. The lowest BCUT2D eigenvalue weighted by molar-refractivity contribution is 1.01. The number of nitrogens with two attached hydrogens (primary N) is 1. The molecule has 0 spiro atoms. The van der Waals surface area contributed by atoms with Gasteiger partial charge in [-0.25, -0.2) is 0 Å². The van der Waals surface area contributed by atoms with Crippen molar-refractivity contribution < 1.29 is 0 Å². The first kappa shape index (κ1) is 11.5. The first-order valence-electron chi connectivity index (χ1n) is 6.16. The maximum Gasteiger partial charge on any atom is 0.0355 e. The molecule has 1 aromatic heterocycles. The summed E-state index contributed by atoms with van der Waals surface area (Å²) in [5.41, 5.74) is 6.74. The van der Waals surface area contributed by atoms with E-state index in [0.717, 1.165) is 6.42 Å². The molecular weight excluding hydrogens is 238 g/mol. The van der Waals surface area contributed by atoms with Crippen molar-refractivity contribution in [3.63, 3.8) is 0 Å². The summed E-state index contributed by atoms with van der Waals surface area (Å²) in [6.07, 6.45) is 5.22. The highest BCUT2D eigenvalue weighted by atomic mass is 32.1. The highest BCUT2D eigenvalue weighted by Gasteiger charge is 2.03. The minimum absolute atomic E-state index is 0.708. The summed E-state index contributed by atoms with van der Waals surface area (Å²) >= 11 is 1.85. The fourth-order valence-electron chi connectivity index (χ4n) is 2.16. The smallest absolute Gasteiger partial charge is 0.0355 e. The Morgan fingerprint density at radius 3 is 2.72 bits per heavy atom. The van der Waals surface area contributed by atoms with E-state index in [4.69, 9.17) is 5.73 Å². The third-order valence-corrected chi connectivity index (χ3v) is 4.20. The molecule has 0 aliphatic carbocycles. The molecule has 0 radical (unpaired) electrons. The minimum Gasteiger partial charge on any atom is -0.330 e. The standard InChI is InChI=1S/C16H15NS/c17-10-4-3-5-12-8-9-16-14(11-12)13-6-1-2-7-15(13)18-16/h1-3,5-9,11H,4,10,17H2. The van der Waals surface area contributed by atoms with Crippen molar-refractivity contribution in [3.8, 4) is 0 Å². The highest BCUT2D eigenvalue weighted by molar-refractivity contribution is 7.25.